The SMILES string of the molecule is CCn1cc(CC2(OC)CCNCC2)cn1. The summed E-state index contributed by atoms with van der Waals surface area (Å²) < 4.78 is 7.72. The van der Waals surface area contributed by atoms with Gasteiger partial charge in [-0.2, -0.15) is 5.10 Å². The van der Waals surface area contributed by atoms with Gasteiger partial charge in [0, 0.05) is 26.3 Å². The number of aromatic nitrogens is 2. The van der Waals surface area contributed by atoms with Crippen molar-refractivity contribution in [2.75, 3.05) is 20.2 Å². The fourth-order valence-corrected chi connectivity index (χ4v) is 2.38. The number of piperidine rings is 1. The molecule has 0 spiro atoms. The number of nitrogens with zero attached hydrogens (tertiary/aromatic N) is 2. The third-order valence-electron chi connectivity index (χ3n) is 3.48. The van der Waals surface area contributed by atoms with Crippen molar-refractivity contribution in [3.05, 3.63) is 18.0 Å². The Morgan fingerprint density at radius 3 is 2.81 bits per heavy atom. The summed E-state index contributed by atoms with van der Waals surface area (Å²) in [4.78, 5) is 0. The molecule has 1 aliphatic heterocycles. The molecule has 1 N–H and O–H groups in total. The van der Waals surface area contributed by atoms with Crippen LogP contribution in [0.4, 0.5) is 0 Å². The van der Waals surface area contributed by atoms with Gasteiger partial charge < -0.3 is 10.1 Å². The van der Waals surface area contributed by atoms with Crippen LogP contribution in [0.1, 0.15) is 25.3 Å². The molecule has 0 aromatic carbocycles. The number of ether oxygens (including phenoxy) is 1. The molecular weight excluding hydrogens is 202 g/mol. The third kappa shape index (κ3) is 2.44. The van der Waals surface area contributed by atoms with Crippen molar-refractivity contribution in [2.24, 2.45) is 0 Å². The Morgan fingerprint density at radius 2 is 2.25 bits per heavy atom. The molecule has 0 saturated carbocycles. The summed E-state index contributed by atoms with van der Waals surface area (Å²) in [7, 11) is 1.83. The summed E-state index contributed by atoms with van der Waals surface area (Å²) in [5.74, 6) is 0. The summed E-state index contributed by atoms with van der Waals surface area (Å²) in [5.41, 5.74) is 1.30. The van der Waals surface area contributed by atoms with E-state index in [4.69, 9.17) is 4.74 Å². The predicted octanol–water partition coefficient (Wildman–Crippen LogP) is 1.21. The molecule has 0 unspecified atom stereocenters. The van der Waals surface area contributed by atoms with E-state index in [0.717, 1.165) is 38.9 Å². The number of nitrogens with one attached hydrogen (secondary N) is 1. The van der Waals surface area contributed by atoms with Crippen LogP contribution in [0.5, 0.6) is 0 Å². The second kappa shape index (κ2) is 4.97. The minimum absolute atomic E-state index is 0.0207. The highest BCUT2D eigenvalue weighted by atomic mass is 16.5. The first kappa shape index (κ1) is 11.6. The van der Waals surface area contributed by atoms with Gasteiger partial charge in [0.05, 0.1) is 11.8 Å². The second-order valence-corrected chi connectivity index (χ2v) is 4.52. The fourth-order valence-electron chi connectivity index (χ4n) is 2.38. The zero-order valence-electron chi connectivity index (χ0n) is 10.2. The van der Waals surface area contributed by atoms with Crippen molar-refractivity contribution in [3.63, 3.8) is 0 Å². The standard InChI is InChI=1S/C12H21N3O/c1-3-15-10-11(9-14-15)8-12(16-2)4-6-13-7-5-12/h9-10,13H,3-8H2,1-2H3. The lowest BCUT2D eigenvalue weighted by Crippen LogP contribution is -2.44. The van der Waals surface area contributed by atoms with Crippen molar-refractivity contribution < 1.29 is 4.74 Å². The van der Waals surface area contributed by atoms with E-state index in [1.807, 2.05) is 18.0 Å². The van der Waals surface area contributed by atoms with Crippen LogP contribution in [0.15, 0.2) is 12.4 Å². The van der Waals surface area contributed by atoms with Gasteiger partial charge in [0.2, 0.25) is 0 Å². The summed E-state index contributed by atoms with van der Waals surface area (Å²) in [6.07, 6.45) is 7.24. The van der Waals surface area contributed by atoms with Crippen LogP contribution < -0.4 is 5.32 Å². The molecule has 0 aliphatic carbocycles. The van der Waals surface area contributed by atoms with Crippen molar-refractivity contribution in [3.8, 4) is 0 Å². The number of aryl methyl sites for hydroxylation is 1. The summed E-state index contributed by atoms with van der Waals surface area (Å²) in [6.45, 7) is 5.14. The van der Waals surface area contributed by atoms with Crippen LogP contribution in [0.25, 0.3) is 0 Å². The Bertz CT molecular complexity index is 329. The maximum Gasteiger partial charge on any atom is 0.0744 e. The second-order valence-electron chi connectivity index (χ2n) is 4.52. The van der Waals surface area contributed by atoms with Gasteiger partial charge in [0.15, 0.2) is 0 Å². The number of hydrogen-bond acceptors (Lipinski definition) is 3. The fraction of sp³-hybridized carbons (Fsp3) is 0.750. The van der Waals surface area contributed by atoms with E-state index < -0.39 is 0 Å². The van der Waals surface area contributed by atoms with E-state index in [1.165, 1.54) is 5.56 Å². The third-order valence-corrected chi connectivity index (χ3v) is 3.48. The van der Waals surface area contributed by atoms with E-state index in [2.05, 4.69) is 23.5 Å². The molecule has 1 saturated heterocycles. The molecule has 90 valence electrons. The molecule has 0 radical (unpaired) electrons. The summed E-state index contributed by atoms with van der Waals surface area (Å²) >= 11 is 0. The van der Waals surface area contributed by atoms with Gasteiger partial charge in [-0.05, 0) is 38.4 Å². The molecule has 4 heteroatoms. The lowest BCUT2D eigenvalue weighted by Gasteiger charge is -2.36. The Balaban J connectivity index is 2.05. The average molecular weight is 223 g/mol. The molecule has 1 aliphatic rings. The van der Waals surface area contributed by atoms with Gasteiger partial charge in [-0.15, -0.1) is 0 Å². The maximum atomic E-state index is 5.75. The first-order chi connectivity index (χ1) is 7.78. The van der Waals surface area contributed by atoms with Gasteiger partial charge in [-0.25, -0.2) is 0 Å². The summed E-state index contributed by atoms with van der Waals surface area (Å²) in [5, 5.41) is 7.69. The van der Waals surface area contributed by atoms with Crippen molar-refractivity contribution in [2.45, 2.75) is 38.3 Å². The van der Waals surface area contributed by atoms with Crippen molar-refractivity contribution in [1.82, 2.24) is 15.1 Å². The molecular formula is C12H21N3O. The average Bonchev–Trinajstić information content (AvgIpc) is 2.78. The van der Waals surface area contributed by atoms with Crippen LogP contribution in [-0.4, -0.2) is 35.6 Å². The van der Waals surface area contributed by atoms with E-state index in [9.17, 15) is 0 Å². The number of hydrogen-bond donors (Lipinski definition) is 1. The minimum atomic E-state index is 0.0207. The molecule has 1 aromatic rings. The summed E-state index contributed by atoms with van der Waals surface area (Å²) in [6, 6.07) is 0. The molecule has 2 rings (SSSR count). The van der Waals surface area contributed by atoms with Crippen LogP contribution in [0, 0.1) is 0 Å². The Hall–Kier alpha value is -0.870. The molecule has 1 aromatic heterocycles. The van der Waals surface area contributed by atoms with Gasteiger partial charge in [-0.1, -0.05) is 0 Å². The molecule has 1 fully saturated rings. The topological polar surface area (TPSA) is 39.1 Å². The first-order valence-corrected chi connectivity index (χ1v) is 6.05. The quantitative estimate of drug-likeness (QED) is 0.834. The molecule has 16 heavy (non-hydrogen) atoms. The zero-order valence-corrected chi connectivity index (χ0v) is 10.2. The Morgan fingerprint density at radius 1 is 1.50 bits per heavy atom. The molecule has 2 heterocycles. The lowest BCUT2D eigenvalue weighted by molar-refractivity contribution is -0.0333. The highest BCUT2D eigenvalue weighted by Gasteiger charge is 2.32. The Labute approximate surface area is 97.0 Å². The number of rotatable bonds is 4. The van der Waals surface area contributed by atoms with E-state index >= 15 is 0 Å². The highest BCUT2D eigenvalue weighted by Crippen LogP contribution is 2.26. The van der Waals surface area contributed by atoms with Crippen LogP contribution in [0.3, 0.4) is 0 Å². The maximum absolute atomic E-state index is 5.75. The first-order valence-electron chi connectivity index (χ1n) is 6.05. The van der Waals surface area contributed by atoms with E-state index in [-0.39, 0.29) is 5.60 Å². The largest absolute Gasteiger partial charge is 0.378 e. The van der Waals surface area contributed by atoms with Crippen LogP contribution in [0.2, 0.25) is 0 Å². The van der Waals surface area contributed by atoms with E-state index in [1.54, 1.807) is 0 Å². The molecule has 0 bridgehead atoms. The normalized spacial score (nSPS) is 19.9. The van der Waals surface area contributed by atoms with E-state index in [0.29, 0.717) is 0 Å². The van der Waals surface area contributed by atoms with Crippen LogP contribution >= 0.6 is 0 Å². The van der Waals surface area contributed by atoms with Crippen LogP contribution in [-0.2, 0) is 17.7 Å². The smallest absolute Gasteiger partial charge is 0.0744 e. The monoisotopic (exact) mass is 223 g/mol. The van der Waals surface area contributed by atoms with Crippen molar-refractivity contribution in [1.29, 1.82) is 0 Å². The van der Waals surface area contributed by atoms with Crippen molar-refractivity contribution >= 4 is 0 Å². The molecule has 0 atom stereocenters. The number of methoxy groups -OCH3 is 1. The zero-order chi connectivity index (χ0) is 11.4. The van der Waals surface area contributed by atoms with Gasteiger partial charge in [-0.3, -0.25) is 4.68 Å². The Kier molecular flexibility index (Phi) is 3.61. The predicted molar refractivity (Wildman–Crippen MR) is 63.4 cm³/mol. The lowest BCUT2D eigenvalue weighted by atomic mass is 9.86. The molecule has 4 nitrogen and oxygen atoms in total. The van der Waals surface area contributed by atoms with Gasteiger partial charge in [0.1, 0.15) is 0 Å². The molecule has 0 amide bonds. The van der Waals surface area contributed by atoms with Gasteiger partial charge in [0.25, 0.3) is 0 Å². The van der Waals surface area contributed by atoms with Gasteiger partial charge >= 0.3 is 0 Å². The highest BCUT2D eigenvalue weighted by molar-refractivity contribution is 5.09. The minimum Gasteiger partial charge on any atom is -0.378 e.